The number of anilines is 1. The van der Waals surface area contributed by atoms with E-state index in [0.717, 1.165) is 85.9 Å². The van der Waals surface area contributed by atoms with Crippen molar-refractivity contribution in [3.63, 3.8) is 0 Å². The highest BCUT2D eigenvalue weighted by Crippen LogP contribution is 2.43. The van der Waals surface area contributed by atoms with Gasteiger partial charge in [0.15, 0.2) is 0 Å². The molecule has 0 aliphatic carbocycles. The topological polar surface area (TPSA) is 98.6 Å². The molecule has 3 aromatic rings. The largest absolute Gasteiger partial charge is 0.365 e. The average Bonchev–Trinajstić information content (AvgIpc) is 3.41. The van der Waals surface area contributed by atoms with Crippen molar-refractivity contribution >= 4 is 39.4 Å². The second kappa shape index (κ2) is 9.01. The Labute approximate surface area is 218 Å². The van der Waals surface area contributed by atoms with E-state index in [4.69, 9.17) is 10.7 Å². The van der Waals surface area contributed by atoms with E-state index in [-0.39, 0.29) is 11.3 Å². The first-order valence-corrected chi connectivity index (χ1v) is 13.8. The lowest BCUT2D eigenvalue weighted by Crippen LogP contribution is -2.47. The summed E-state index contributed by atoms with van der Waals surface area (Å²) < 4.78 is 0. The van der Waals surface area contributed by atoms with Gasteiger partial charge in [-0.15, -0.1) is 0 Å². The van der Waals surface area contributed by atoms with E-state index >= 15 is 0 Å². The molecule has 3 saturated heterocycles. The second-order valence-corrected chi connectivity index (χ2v) is 11.7. The molecule has 0 saturated carbocycles. The number of primary amides is 1. The number of hydrogen-bond acceptors (Lipinski definition) is 5. The lowest BCUT2D eigenvalue weighted by atomic mass is 9.78. The summed E-state index contributed by atoms with van der Waals surface area (Å²) in [6.07, 6.45) is 6.66. The van der Waals surface area contributed by atoms with Crippen molar-refractivity contribution < 1.29 is 9.59 Å². The number of likely N-dealkylation sites (tertiary alicyclic amines) is 2. The number of hydrogen-bond donors (Lipinski definition) is 2. The summed E-state index contributed by atoms with van der Waals surface area (Å²) >= 11 is 0. The molecule has 0 radical (unpaired) electrons. The van der Waals surface area contributed by atoms with E-state index in [1.807, 2.05) is 11.9 Å². The molecule has 0 bridgehead atoms. The zero-order chi connectivity index (χ0) is 25.9. The van der Waals surface area contributed by atoms with Crippen LogP contribution in [0, 0.1) is 5.41 Å². The molecule has 196 valence electrons. The minimum Gasteiger partial charge on any atom is -0.365 e. The van der Waals surface area contributed by atoms with E-state index in [9.17, 15) is 9.59 Å². The molecule has 8 nitrogen and oxygen atoms in total. The van der Waals surface area contributed by atoms with Crippen molar-refractivity contribution in [2.45, 2.75) is 57.9 Å². The lowest BCUT2D eigenvalue weighted by molar-refractivity contribution is -0.135. The Balaban J connectivity index is 1.40. The molecule has 1 atom stereocenters. The SMILES string of the molecule is CC(C)N1CCC(c2ccc3c(c2)[nH]c2c(C(N)=O)cnc(N4CCC[C@@]5(CCN(C)C5=O)C4)c23)CC1. The minimum atomic E-state index is -0.486. The molecule has 1 spiro atoms. The van der Waals surface area contributed by atoms with E-state index in [1.54, 1.807) is 6.20 Å². The fourth-order valence-corrected chi connectivity index (χ4v) is 7.02. The van der Waals surface area contributed by atoms with Crippen molar-refractivity contribution in [3.05, 3.63) is 35.5 Å². The molecular weight excluding hydrogens is 464 g/mol. The van der Waals surface area contributed by atoms with Crippen LogP contribution in [0.1, 0.15) is 67.8 Å². The Hall–Kier alpha value is -3.13. The van der Waals surface area contributed by atoms with E-state index < -0.39 is 5.91 Å². The molecule has 37 heavy (non-hydrogen) atoms. The van der Waals surface area contributed by atoms with Crippen LogP contribution in [-0.4, -0.2) is 77.4 Å². The molecule has 0 unspecified atom stereocenters. The summed E-state index contributed by atoms with van der Waals surface area (Å²) in [7, 11) is 1.90. The number of aromatic amines is 1. The Morgan fingerprint density at radius 1 is 1.16 bits per heavy atom. The van der Waals surface area contributed by atoms with Gasteiger partial charge in [0.25, 0.3) is 5.91 Å². The Kier molecular flexibility index (Phi) is 5.90. The number of aromatic nitrogens is 2. The predicted molar refractivity (Wildman–Crippen MR) is 147 cm³/mol. The van der Waals surface area contributed by atoms with Gasteiger partial charge in [-0.2, -0.15) is 0 Å². The monoisotopic (exact) mass is 502 g/mol. The molecule has 2 aromatic heterocycles. The van der Waals surface area contributed by atoms with Gasteiger partial charge in [-0.25, -0.2) is 4.98 Å². The van der Waals surface area contributed by atoms with Crippen molar-refractivity contribution in [2.24, 2.45) is 11.1 Å². The number of piperidine rings is 2. The summed E-state index contributed by atoms with van der Waals surface area (Å²) in [6.45, 7) is 9.09. The molecule has 8 heteroatoms. The number of amides is 2. The molecule has 3 aliphatic heterocycles. The molecule has 3 fully saturated rings. The maximum absolute atomic E-state index is 13.1. The maximum Gasteiger partial charge on any atom is 0.252 e. The van der Waals surface area contributed by atoms with Crippen LogP contribution in [0.15, 0.2) is 24.4 Å². The number of H-pyrrole nitrogens is 1. The molecular formula is C29H38N6O2. The Morgan fingerprint density at radius 3 is 2.62 bits per heavy atom. The van der Waals surface area contributed by atoms with Gasteiger partial charge in [0.05, 0.1) is 21.9 Å². The summed E-state index contributed by atoms with van der Waals surface area (Å²) in [5.74, 6) is 1.13. The van der Waals surface area contributed by atoms with Gasteiger partial charge in [-0.3, -0.25) is 9.59 Å². The smallest absolute Gasteiger partial charge is 0.252 e. The van der Waals surface area contributed by atoms with Crippen molar-refractivity contribution in [1.29, 1.82) is 0 Å². The fraction of sp³-hybridized carbons (Fsp3) is 0.552. The highest BCUT2D eigenvalue weighted by Gasteiger charge is 2.48. The fourth-order valence-electron chi connectivity index (χ4n) is 7.02. The minimum absolute atomic E-state index is 0.245. The standard InChI is InChI=1S/C29H38N6O2/c1-18(2)34-12-7-19(8-13-34)20-5-6-21-23(15-20)32-25-22(26(30)36)16-31-27(24(21)25)35-11-4-9-29(17-35)10-14-33(3)28(29)37/h5-6,15-16,18-19,32H,4,7-14,17H2,1-3H3,(H2,30,36)/t29-/m1/s1. The van der Waals surface area contributed by atoms with Gasteiger partial charge in [-0.05, 0) is 76.6 Å². The number of benzene rings is 1. The van der Waals surface area contributed by atoms with Crippen LogP contribution in [0.5, 0.6) is 0 Å². The highest BCUT2D eigenvalue weighted by atomic mass is 16.2. The predicted octanol–water partition coefficient (Wildman–Crippen LogP) is 3.85. The van der Waals surface area contributed by atoms with Gasteiger partial charge in [0.1, 0.15) is 5.82 Å². The molecule has 6 rings (SSSR count). The van der Waals surface area contributed by atoms with Gasteiger partial charge < -0.3 is 25.4 Å². The first kappa shape index (κ1) is 24.2. The first-order chi connectivity index (χ1) is 17.8. The van der Waals surface area contributed by atoms with Crippen LogP contribution in [0.2, 0.25) is 0 Å². The maximum atomic E-state index is 13.1. The summed E-state index contributed by atoms with van der Waals surface area (Å²) in [4.78, 5) is 40.4. The van der Waals surface area contributed by atoms with E-state index in [2.05, 4.69) is 46.8 Å². The molecule has 2 amide bonds. The van der Waals surface area contributed by atoms with Crippen LogP contribution in [0.3, 0.4) is 0 Å². The number of nitrogens with one attached hydrogen (secondary N) is 1. The second-order valence-electron chi connectivity index (χ2n) is 11.7. The number of nitrogens with zero attached hydrogens (tertiary/aromatic N) is 4. The van der Waals surface area contributed by atoms with E-state index in [1.165, 1.54) is 5.56 Å². The van der Waals surface area contributed by atoms with Crippen LogP contribution < -0.4 is 10.6 Å². The van der Waals surface area contributed by atoms with Gasteiger partial charge >= 0.3 is 0 Å². The number of carbonyl (C=O) groups is 2. The first-order valence-electron chi connectivity index (χ1n) is 13.8. The quantitative estimate of drug-likeness (QED) is 0.565. The normalized spacial score (nSPS) is 23.8. The Morgan fingerprint density at radius 2 is 1.95 bits per heavy atom. The van der Waals surface area contributed by atoms with Crippen LogP contribution >= 0.6 is 0 Å². The van der Waals surface area contributed by atoms with Crippen LogP contribution in [-0.2, 0) is 4.79 Å². The number of fused-ring (bicyclic) bond motifs is 3. The van der Waals surface area contributed by atoms with Gasteiger partial charge in [0.2, 0.25) is 5.91 Å². The molecule has 3 aliphatic rings. The highest BCUT2D eigenvalue weighted by molar-refractivity contribution is 6.18. The zero-order valence-corrected chi connectivity index (χ0v) is 22.2. The van der Waals surface area contributed by atoms with Gasteiger partial charge in [0, 0.05) is 49.8 Å². The lowest BCUT2D eigenvalue weighted by Gasteiger charge is -2.39. The number of pyridine rings is 1. The van der Waals surface area contributed by atoms with Crippen molar-refractivity contribution in [3.8, 4) is 0 Å². The summed E-state index contributed by atoms with van der Waals surface area (Å²) in [5, 5.41) is 1.99. The molecule has 5 heterocycles. The summed E-state index contributed by atoms with van der Waals surface area (Å²) in [5.41, 5.74) is 8.94. The molecule has 3 N–H and O–H groups in total. The van der Waals surface area contributed by atoms with E-state index in [0.29, 0.717) is 24.1 Å². The number of nitrogens with two attached hydrogens (primary N) is 1. The summed E-state index contributed by atoms with van der Waals surface area (Å²) in [6, 6.07) is 7.28. The van der Waals surface area contributed by atoms with Gasteiger partial charge in [-0.1, -0.05) is 12.1 Å². The zero-order valence-electron chi connectivity index (χ0n) is 22.2. The van der Waals surface area contributed by atoms with Crippen molar-refractivity contribution in [1.82, 2.24) is 19.8 Å². The number of rotatable bonds is 4. The molecule has 1 aromatic carbocycles. The third-order valence-corrected chi connectivity index (χ3v) is 9.23. The number of carbonyl (C=O) groups excluding carboxylic acids is 2. The van der Waals surface area contributed by atoms with Crippen LogP contribution in [0.4, 0.5) is 5.82 Å². The third kappa shape index (κ3) is 3.97. The van der Waals surface area contributed by atoms with Crippen molar-refractivity contribution in [2.75, 3.05) is 44.7 Å². The van der Waals surface area contributed by atoms with Crippen LogP contribution in [0.25, 0.3) is 21.8 Å². The third-order valence-electron chi connectivity index (χ3n) is 9.23. The Bertz CT molecular complexity index is 1370. The average molecular weight is 503 g/mol.